The highest BCUT2D eigenvalue weighted by Crippen LogP contribution is 2.22. The summed E-state index contributed by atoms with van der Waals surface area (Å²) in [7, 11) is 0. The Hall–Kier alpha value is -2.04. The van der Waals surface area contributed by atoms with Crippen LogP contribution in [0.5, 0.6) is 0 Å². The van der Waals surface area contributed by atoms with Crippen LogP contribution in [0.3, 0.4) is 0 Å². The minimum absolute atomic E-state index is 0.0800. The summed E-state index contributed by atoms with van der Waals surface area (Å²) in [6.07, 6.45) is 0. The second-order valence-electron chi connectivity index (χ2n) is 4.08. The first-order chi connectivity index (χ1) is 8.67. The second-order valence-corrected chi connectivity index (χ2v) is 4.08. The van der Waals surface area contributed by atoms with Crippen LogP contribution in [0.25, 0.3) is 0 Å². The van der Waals surface area contributed by atoms with Crippen molar-refractivity contribution in [2.45, 2.75) is 13.8 Å². The summed E-state index contributed by atoms with van der Waals surface area (Å²) in [6.45, 7) is 6.12. The van der Waals surface area contributed by atoms with E-state index in [4.69, 9.17) is 0 Å². The summed E-state index contributed by atoms with van der Waals surface area (Å²) in [6, 6.07) is 7.12. The number of anilines is 2. The quantitative estimate of drug-likeness (QED) is 0.822. The van der Waals surface area contributed by atoms with Crippen molar-refractivity contribution in [2.75, 3.05) is 29.4 Å². The van der Waals surface area contributed by atoms with E-state index in [-0.39, 0.29) is 18.5 Å². The van der Waals surface area contributed by atoms with Crippen molar-refractivity contribution in [3.05, 3.63) is 24.3 Å². The third-order valence-electron chi connectivity index (χ3n) is 3.08. The Morgan fingerprint density at radius 1 is 1.17 bits per heavy atom. The first-order valence-electron chi connectivity index (χ1n) is 6.13. The number of hydrogen-bond acceptors (Lipinski definition) is 3. The molecule has 1 saturated heterocycles. The maximum absolute atomic E-state index is 11.5. The maximum atomic E-state index is 11.5. The van der Waals surface area contributed by atoms with Crippen molar-refractivity contribution in [3.8, 4) is 0 Å². The molecule has 0 aromatic heterocycles. The summed E-state index contributed by atoms with van der Waals surface area (Å²) in [4.78, 5) is 26.4. The SMILES string of the molecule is CCN(CC)c1ccc(N2C(=O)CNC2=O)cc1. The maximum Gasteiger partial charge on any atom is 0.329 e. The monoisotopic (exact) mass is 247 g/mol. The zero-order valence-electron chi connectivity index (χ0n) is 10.6. The van der Waals surface area contributed by atoms with Gasteiger partial charge in [0, 0.05) is 18.8 Å². The summed E-state index contributed by atoms with van der Waals surface area (Å²) in [5.74, 6) is -0.212. The van der Waals surface area contributed by atoms with Crippen molar-refractivity contribution in [1.82, 2.24) is 5.32 Å². The van der Waals surface area contributed by atoms with Gasteiger partial charge in [-0.1, -0.05) is 0 Å². The molecule has 1 aromatic carbocycles. The van der Waals surface area contributed by atoms with Crippen LogP contribution in [0.15, 0.2) is 24.3 Å². The molecular formula is C13H17N3O2. The van der Waals surface area contributed by atoms with Crippen LogP contribution >= 0.6 is 0 Å². The number of urea groups is 1. The predicted octanol–water partition coefficient (Wildman–Crippen LogP) is 1.59. The third kappa shape index (κ3) is 2.16. The standard InChI is InChI=1S/C13H17N3O2/c1-3-15(4-2)10-5-7-11(8-6-10)16-12(17)9-14-13(16)18/h5-8H,3-4,9H2,1-2H3,(H,14,18). The van der Waals surface area contributed by atoms with Gasteiger partial charge in [0.15, 0.2) is 0 Å². The Labute approximate surface area is 106 Å². The van der Waals surface area contributed by atoms with Crippen LogP contribution in [-0.2, 0) is 4.79 Å². The van der Waals surface area contributed by atoms with Gasteiger partial charge in [0.2, 0.25) is 0 Å². The van der Waals surface area contributed by atoms with Gasteiger partial charge in [-0.05, 0) is 38.1 Å². The number of nitrogens with one attached hydrogen (secondary N) is 1. The van der Waals surface area contributed by atoms with Crippen LogP contribution in [0.1, 0.15) is 13.8 Å². The molecule has 0 unspecified atom stereocenters. The van der Waals surface area contributed by atoms with E-state index in [9.17, 15) is 9.59 Å². The van der Waals surface area contributed by atoms with Crippen LogP contribution in [-0.4, -0.2) is 31.6 Å². The summed E-state index contributed by atoms with van der Waals surface area (Å²) >= 11 is 0. The Morgan fingerprint density at radius 2 is 1.78 bits per heavy atom. The lowest BCUT2D eigenvalue weighted by Crippen LogP contribution is -2.30. The zero-order chi connectivity index (χ0) is 13.1. The number of rotatable bonds is 4. The molecule has 1 aliphatic rings. The van der Waals surface area contributed by atoms with Crippen molar-refractivity contribution >= 4 is 23.3 Å². The van der Waals surface area contributed by atoms with Gasteiger partial charge in [0.25, 0.3) is 5.91 Å². The van der Waals surface area contributed by atoms with E-state index < -0.39 is 0 Å². The number of imide groups is 1. The fourth-order valence-corrected chi connectivity index (χ4v) is 2.09. The molecular weight excluding hydrogens is 230 g/mol. The van der Waals surface area contributed by atoms with E-state index in [1.807, 2.05) is 12.1 Å². The van der Waals surface area contributed by atoms with Gasteiger partial charge in [-0.2, -0.15) is 0 Å². The fourth-order valence-electron chi connectivity index (χ4n) is 2.09. The van der Waals surface area contributed by atoms with Gasteiger partial charge < -0.3 is 10.2 Å². The number of carbonyl (C=O) groups excluding carboxylic acids is 2. The minimum Gasteiger partial charge on any atom is -0.372 e. The third-order valence-corrected chi connectivity index (χ3v) is 3.08. The van der Waals surface area contributed by atoms with Gasteiger partial charge in [0.05, 0.1) is 12.2 Å². The molecule has 18 heavy (non-hydrogen) atoms. The van der Waals surface area contributed by atoms with Crippen molar-refractivity contribution in [3.63, 3.8) is 0 Å². The van der Waals surface area contributed by atoms with E-state index in [0.717, 1.165) is 18.8 Å². The molecule has 96 valence electrons. The van der Waals surface area contributed by atoms with Crippen LogP contribution < -0.4 is 15.1 Å². The van der Waals surface area contributed by atoms with Crippen molar-refractivity contribution in [2.24, 2.45) is 0 Å². The summed E-state index contributed by atoms with van der Waals surface area (Å²) < 4.78 is 0. The lowest BCUT2D eigenvalue weighted by molar-refractivity contribution is -0.115. The number of hydrogen-bond donors (Lipinski definition) is 1. The lowest BCUT2D eigenvalue weighted by Gasteiger charge is -2.22. The summed E-state index contributed by atoms with van der Waals surface area (Å²) in [5.41, 5.74) is 1.71. The highest BCUT2D eigenvalue weighted by atomic mass is 16.2. The number of carbonyl (C=O) groups is 2. The second kappa shape index (κ2) is 5.08. The topological polar surface area (TPSA) is 52.6 Å². The molecule has 3 amide bonds. The molecule has 0 bridgehead atoms. The minimum atomic E-state index is -0.351. The Morgan fingerprint density at radius 3 is 2.22 bits per heavy atom. The average molecular weight is 247 g/mol. The van der Waals surface area contributed by atoms with E-state index in [1.165, 1.54) is 4.90 Å². The predicted molar refractivity (Wildman–Crippen MR) is 70.9 cm³/mol. The van der Waals surface area contributed by atoms with Gasteiger partial charge in [-0.25, -0.2) is 9.69 Å². The fraction of sp³-hybridized carbons (Fsp3) is 0.385. The zero-order valence-corrected chi connectivity index (χ0v) is 10.6. The molecule has 0 spiro atoms. The number of nitrogens with zero attached hydrogens (tertiary/aromatic N) is 2. The molecule has 0 saturated carbocycles. The smallest absolute Gasteiger partial charge is 0.329 e. The summed E-state index contributed by atoms with van der Waals surface area (Å²) in [5, 5.41) is 2.50. The average Bonchev–Trinajstić information content (AvgIpc) is 2.72. The van der Waals surface area contributed by atoms with E-state index in [0.29, 0.717) is 5.69 Å². The molecule has 0 radical (unpaired) electrons. The first kappa shape index (κ1) is 12.4. The number of amides is 3. The molecule has 5 heteroatoms. The lowest BCUT2D eigenvalue weighted by atomic mass is 10.2. The van der Waals surface area contributed by atoms with Crippen LogP contribution in [0.2, 0.25) is 0 Å². The molecule has 0 atom stereocenters. The largest absolute Gasteiger partial charge is 0.372 e. The molecule has 2 rings (SSSR count). The molecule has 5 nitrogen and oxygen atoms in total. The van der Waals surface area contributed by atoms with E-state index >= 15 is 0 Å². The van der Waals surface area contributed by atoms with E-state index in [1.54, 1.807) is 12.1 Å². The van der Waals surface area contributed by atoms with Gasteiger partial charge >= 0.3 is 6.03 Å². The van der Waals surface area contributed by atoms with Gasteiger partial charge in [-0.15, -0.1) is 0 Å². The Kier molecular flexibility index (Phi) is 3.50. The van der Waals surface area contributed by atoms with Gasteiger partial charge in [0.1, 0.15) is 0 Å². The van der Waals surface area contributed by atoms with E-state index in [2.05, 4.69) is 24.1 Å². The molecule has 1 aromatic rings. The van der Waals surface area contributed by atoms with Crippen molar-refractivity contribution in [1.29, 1.82) is 0 Å². The highest BCUT2D eigenvalue weighted by molar-refractivity contribution is 6.19. The number of benzene rings is 1. The van der Waals surface area contributed by atoms with Crippen LogP contribution in [0.4, 0.5) is 16.2 Å². The van der Waals surface area contributed by atoms with Crippen molar-refractivity contribution < 1.29 is 9.59 Å². The molecule has 1 fully saturated rings. The van der Waals surface area contributed by atoms with Crippen LogP contribution in [0, 0.1) is 0 Å². The highest BCUT2D eigenvalue weighted by Gasteiger charge is 2.29. The normalized spacial score (nSPS) is 14.9. The Balaban J connectivity index is 2.22. The molecule has 0 aliphatic carbocycles. The molecule has 1 aliphatic heterocycles. The Bertz CT molecular complexity index is 436. The molecule has 1 heterocycles. The van der Waals surface area contributed by atoms with Gasteiger partial charge in [-0.3, -0.25) is 4.79 Å². The first-order valence-corrected chi connectivity index (χ1v) is 6.13. The molecule has 1 N–H and O–H groups in total.